The maximum absolute atomic E-state index is 13.2. The van der Waals surface area contributed by atoms with Crippen molar-refractivity contribution in [1.29, 1.82) is 0 Å². The van der Waals surface area contributed by atoms with Gasteiger partial charge in [-0.15, -0.1) is 0 Å². The highest BCUT2D eigenvalue weighted by atomic mass is 32.2. The molecule has 0 N–H and O–H groups in total. The molecule has 1 heterocycles. The van der Waals surface area contributed by atoms with Gasteiger partial charge < -0.3 is 13.6 Å². The van der Waals surface area contributed by atoms with Crippen molar-refractivity contribution in [3.63, 3.8) is 0 Å². The molecule has 0 saturated carbocycles. The predicted molar refractivity (Wildman–Crippen MR) is 169 cm³/mol. The molecule has 5 nitrogen and oxygen atoms in total. The van der Waals surface area contributed by atoms with Crippen molar-refractivity contribution in [3.05, 3.63) is 42.2 Å². The van der Waals surface area contributed by atoms with E-state index in [0.717, 1.165) is 25.0 Å². The minimum atomic E-state index is -3.45. The van der Waals surface area contributed by atoms with Crippen molar-refractivity contribution >= 4 is 26.5 Å². The fraction of sp³-hybridized carbons (Fsp3) is 0.742. The zero-order valence-corrected chi connectivity index (χ0v) is 29.8. The Bertz CT molecular complexity index is 1080. The molecule has 0 aliphatic carbocycles. The SMILES string of the molecule is C[C@@H](O[Si](C)(C)C(C)(C)C)[C@@H](C[C@@H]1CCC=C(C(C)(C)CS(=O)(=O)c2ccccc2)O1)O[Si](C)(C)C(C)(C)C. The van der Waals surface area contributed by atoms with Gasteiger partial charge in [-0.25, -0.2) is 8.42 Å². The molecule has 0 fully saturated rings. The first-order valence-corrected chi connectivity index (χ1v) is 22.0. The summed E-state index contributed by atoms with van der Waals surface area (Å²) in [4.78, 5) is 0.352. The lowest BCUT2D eigenvalue weighted by Gasteiger charge is -2.45. The number of allylic oxidation sites excluding steroid dienone is 2. The van der Waals surface area contributed by atoms with Crippen LogP contribution < -0.4 is 0 Å². The largest absolute Gasteiger partial charge is 0.494 e. The maximum Gasteiger partial charge on any atom is 0.192 e. The van der Waals surface area contributed by atoms with Crippen molar-refractivity contribution in [2.75, 3.05) is 5.75 Å². The molecular formula is C31H56O5SSi2. The van der Waals surface area contributed by atoms with E-state index in [9.17, 15) is 8.42 Å². The fourth-order valence-corrected chi connectivity index (χ4v) is 9.08. The van der Waals surface area contributed by atoms with Gasteiger partial charge in [-0.05, 0) is 74.2 Å². The van der Waals surface area contributed by atoms with Crippen LogP contribution in [0.4, 0.5) is 0 Å². The number of rotatable bonds is 11. The Kier molecular flexibility index (Phi) is 10.6. The van der Waals surface area contributed by atoms with Gasteiger partial charge >= 0.3 is 0 Å². The molecule has 3 atom stereocenters. The fourth-order valence-electron chi connectivity index (χ4n) is 4.41. The highest BCUT2D eigenvalue weighted by Crippen LogP contribution is 2.42. The van der Waals surface area contributed by atoms with Crippen LogP contribution in [0.25, 0.3) is 0 Å². The van der Waals surface area contributed by atoms with Crippen LogP contribution in [0.2, 0.25) is 36.3 Å². The van der Waals surface area contributed by atoms with Crippen LogP contribution in [0.5, 0.6) is 0 Å². The molecule has 1 aliphatic rings. The monoisotopic (exact) mass is 596 g/mol. The summed E-state index contributed by atoms with van der Waals surface area (Å²) in [5.74, 6) is 0.763. The quantitative estimate of drug-likeness (QED) is 0.239. The van der Waals surface area contributed by atoms with Crippen molar-refractivity contribution < 1.29 is 22.0 Å². The van der Waals surface area contributed by atoms with E-state index in [1.165, 1.54) is 0 Å². The van der Waals surface area contributed by atoms with E-state index in [2.05, 4.69) is 80.7 Å². The molecule has 0 radical (unpaired) electrons. The van der Waals surface area contributed by atoms with Crippen LogP contribution in [0.3, 0.4) is 0 Å². The first kappa shape index (κ1) is 34.3. The third-order valence-corrected chi connectivity index (χ3v) is 20.2. The predicted octanol–water partition coefficient (Wildman–Crippen LogP) is 8.74. The van der Waals surface area contributed by atoms with E-state index < -0.39 is 31.9 Å². The number of ether oxygens (including phenoxy) is 1. The smallest absolute Gasteiger partial charge is 0.192 e. The number of hydrogen-bond donors (Lipinski definition) is 0. The number of benzene rings is 1. The van der Waals surface area contributed by atoms with Gasteiger partial charge in [0, 0.05) is 11.8 Å². The Morgan fingerprint density at radius 3 is 1.92 bits per heavy atom. The molecule has 2 rings (SSSR count). The molecule has 0 unspecified atom stereocenters. The van der Waals surface area contributed by atoms with E-state index in [1.807, 2.05) is 19.9 Å². The third-order valence-electron chi connectivity index (χ3n) is 8.99. The summed E-state index contributed by atoms with van der Waals surface area (Å²) in [6.45, 7) is 28.9. The summed E-state index contributed by atoms with van der Waals surface area (Å²) in [5.41, 5.74) is -0.646. The van der Waals surface area contributed by atoms with E-state index >= 15 is 0 Å². The first-order valence-electron chi connectivity index (χ1n) is 14.5. The van der Waals surface area contributed by atoms with Gasteiger partial charge in [0.05, 0.1) is 28.6 Å². The molecule has 0 saturated heterocycles. The van der Waals surface area contributed by atoms with Crippen LogP contribution in [-0.2, 0) is 23.4 Å². The minimum absolute atomic E-state index is 0.00263. The Morgan fingerprint density at radius 1 is 0.897 bits per heavy atom. The minimum Gasteiger partial charge on any atom is -0.494 e. The zero-order valence-electron chi connectivity index (χ0n) is 27.0. The molecule has 0 amide bonds. The lowest BCUT2D eigenvalue weighted by molar-refractivity contribution is -0.0156. The van der Waals surface area contributed by atoms with E-state index in [1.54, 1.807) is 24.3 Å². The van der Waals surface area contributed by atoms with Crippen LogP contribution >= 0.6 is 0 Å². The molecule has 0 bridgehead atoms. The summed E-state index contributed by atoms with van der Waals surface area (Å²) in [6, 6.07) is 8.69. The summed E-state index contributed by atoms with van der Waals surface area (Å²) in [6.07, 6.45) is 4.33. The molecule has 1 aromatic rings. The standard InChI is InChI=1S/C31H56O5SSi2/c1-24(35-38(10,11)29(2,3)4)27(36-39(12,13)30(5,6)7)22-25-18-17-21-28(34-25)31(8,9)23-37(32,33)26-19-15-14-16-20-26/h14-16,19-21,24-25,27H,17-18,22-23H2,1-13H3/t24-,25+,27-/m1/s1. The Morgan fingerprint density at radius 2 is 1.41 bits per heavy atom. The normalized spacial score (nSPS) is 19.7. The molecule has 8 heteroatoms. The van der Waals surface area contributed by atoms with E-state index in [0.29, 0.717) is 4.90 Å². The van der Waals surface area contributed by atoms with Crippen molar-refractivity contribution in [2.45, 2.75) is 141 Å². The first-order chi connectivity index (χ1) is 17.5. The molecular weight excluding hydrogens is 541 g/mol. The van der Waals surface area contributed by atoms with E-state index in [-0.39, 0.29) is 34.1 Å². The summed E-state index contributed by atoms with van der Waals surface area (Å²) < 4.78 is 46.9. The third kappa shape index (κ3) is 9.02. The Balaban J connectivity index is 2.26. The molecule has 0 aromatic heterocycles. The van der Waals surface area contributed by atoms with Crippen molar-refractivity contribution in [3.8, 4) is 0 Å². The van der Waals surface area contributed by atoms with Gasteiger partial charge in [0.2, 0.25) is 0 Å². The summed E-state index contributed by atoms with van der Waals surface area (Å²) in [7, 11) is -7.53. The average molecular weight is 597 g/mol. The Hall–Kier alpha value is -0.936. The van der Waals surface area contributed by atoms with E-state index in [4.69, 9.17) is 13.6 Å². The Labute approximate surface area is 242 Å². The number of hydrogen-bond acceptors (Lipinski definition) is 5. The van der Waals surface area contributed by atoms with Gasteiger partial charge in [-0.2, -0.15) is 0 Å². The lowest BCUT2D eigenvalue weighted by Crippen LogP contribution is -2.52. The highest BCUT2D eigenvalue weighted by molar-refractivity contribution is 7.91. The van der Waals surface area contributed by atoms with Crippen LogP contribution in [0.15, 0.2) is 47.1 Å². The number of sulfone groups is 1. The maximum atomic E-state index is 13.2. The molecule has 1 aliphatic heterocycles. The second kappa shape index (κ2) is 12.1. The van der Waals surface area contributed by atoms with Crippen molar-refractivity contribution in [2.24, 2.45) is 5.41 Å². The average Bonchev–Trinajstić information content (AvgIpc) is 2.77. The van der Waals surface area contributed by atoms with Crippen LogP contribution in [0.1, 0.15) is 81.6 Å². The molecule has 0 spiro atoms. The van der Waals surface area contributed by atoms with Gasteiger partial charge in [0.15, 0.2) is 26.5 Å². The van der Waals surface area contributed by atoms with Gasteiger partial charge in [0.25, 0.3) is 0 Å². The summed E-state index contributed by atoms with van der Waals surface area (Å²) >= 11 is 0. The topological polar surface area (TPSA) is 61.8 Å². The van der Waals surface area contributed by atoms with Crippen molar-refractivity contribution in [1.82, 2.24) is 0 Å². The molecule has 39 heavy (non-hydrogen) atoms. The zero-order chi connectivity index (χ0) is 30.1. The van der Waals surface area contributed by atoms with Crippen LogP contribution in [0, 0.1) is 5.41 Å². The molecule has 224 valence electrons. The second-order valence-corrected chi connectivity index (χ2v) is 26.6. The summed E-state index contributed by atoms with van der Waals surface area (Å²) in [5, 5.41) is 0.183. The van der Waals surface area contributed by atoms with Gasteiger partial charge in [0.1, 0.15) is 6.10 Å². The highest BCUT2D eigenvalue weighted by Gasteiger charge is 2.45. The molecule has 1 aromatic carbocycles. The van der Waals surface area contributed by atoms with Gasteiger partial charge in [-0.1, -0.05) is 73.6 Å². The second-order valence-electron chi connectivity index (χ2n) is 15.1. The van der Waals surface area contributed by atoms with Crippen LogP contribution in [-0.4, -0.2) is 49.1 Å². The lowest BCUT2D eigenvalue weighted by atomic mass is 9.90. The van der Waals surface area contributed by atoms with Gasteiger partial charge in [-0.3, -0.25) is 0 Å².